The van der Waals surface area contributed by atoms with Crippen molar-refractivity contribution in [3.05, 3.63) is 60.2 Å². The van der Waals surface area contributed by atoms with Crippen LogP contribution < -0.4 is 9.47 Å². The molecule has 1 atom stereocenters. The van der Waals surface area contributed by atoms with Gasteiger partial charge in [0.05, 0.1) is 20.3 Å². The van der Waals surface area contributed by atoms with E-state index in [4.69, 9.17) is 14.2 Å². The largest absolute Gasteiger partial charge is 0.493 e. The van der Waals surface area contributed by atoms with E-state index in [0.717, 1.165) is 25.9 Å². The predicted octanol–water partition coefficient (Wildman–Crippen LogP) is 3.53. The lowest BCUT2D eigenvalue weighted by Gasteiger charge is -2.32. The van der Waals surface area contributed by atoms with Crippen molar-refractivity contribution in [2.75, 3.05) is 33.4 Å². The zero-order chi connectivity index (χ0) is 18.9. The van der Waals surface area contributed by atoms with Gasteiger partial charge in [-0.3, -0.25) is 4.79 Å². The zero-order valence-electron chi connectivity index (χ0n) is 15.8. The van der Waals surface area contributed by atoms with Gasteiger partial charge in [0.2, 0.25) is 0 Å². The number of benzene rings is 2. The van der Waals surface area contributed by atoms with Crippen LogP contribution in [0.5, 0.6) is 11.5 Å². The maximum Gasteiger partial charge on any atom is 0.260 e. The molecule has 5 nitrogen and oxygen atoms in total. The summed E-state index contributed by atoms with van der Waals surface area (Å²) < 4.78 is 16.8. The lowest BCUT2D eigenvalue weighted by Crippen LogP contribution is -2.43. The fourth-order valence-electron chi connectivity index (χ4n) is 3.31. The summed E-state index contributed by atoms with van der Waals surface area (Å²) in [6.45, 7) is 2.82. The Morgan fingerprint density at radius 3 is 2.59 bits per heavy atom. The summed E-state index contributed by atoms with van der Waals surface area (Å²) in [4.78, 5) is 14.4. The molecule has 0 N–H and O–H groups in total. The fraction of sp³-hybridized carbons (Fsp3) is 0.409. The minimum atomic E-state index is 0.00802. The van der Waals surface area contributed by atoms with Crippen LogP contribution in [0.4, 0.5) is 0 Å². The first-order valence-corrected chi connectivity index (χ1v) is 9.41. The van der Waals surface area contributed by atoms with E-state index in [1.807, 2.05) is 47.4 Å². The highest BCUT2D eigenvalue weighted by molar-refractivity contribution is 5.78. The maximum atomic E-state index is 12.5. The zero-order valence-corrected chi connectivity index (χ0v) is 15.8. The van der Waals surface area contributed by atoms with Gasteiger partial charge in [-0.05, 0) is 36.5 Å². The number of carbonyl (C=O) groups is 1. The number of nitrogens with zero attached hydrogens (tertiary/aromatic N) is 1. The van der Waals surface area contributed by atoms with Gasteiger partial charge in [-0.25, -0.2) is 0 Å². The molecule has 0 spiro atoms. The molecule has 3 rings (SSSR count). The Labute approximate surface area is 160 Å². The van der Waals surface area contributed by atoms with Crippen molar-refractivity contribution in [1.29, 1.82) is 0 Å². The van der Waals surface area contributed by atoms with Gasteiger partial charge < -0.3 is 19.1 Å². The van der Waals surface area contributed by atoms with Gasteiger partial charge in [-0.2, -0.15) is 0 Å². The van der Waals surface area contributed by atoms with Gasteiger partial charge in [-0.1, -0.05) is 42.5 Å². The third kappa shape index (κ3) is 5.73. The third-order valence-corrected chi connectivity index (χ3v) is 4.76. The van der Waals surface area contributed by atoms with Crippen molar-refractivity contribution in [1.82, 2.24) is 4.90 Å². The van der Waals surface area contributed by atoms with Crippen LogP contribution in [0, 0.1) is 5.92 Å². The van der Waals surface area contributed by atoms with Crippen molar-refractivity contribution in [3.8, 4) is 11.5 Å². The molecule has 1 fully saturated rings. The van der Waals surface area contributed by atoms with Crippen LogP contribution in [0.1, 0.15) is 18.4 Å². The topological polar surface area (TPSA) is 48.0 Å². The van der Waals surface area contributed by atoms with Crippen LogP contribution in [0.2, 0.25) is 0 Å². The SMILES string of the molecule is COc1ccccc1OCC(=O)N1CCCC(COCc2ccccc2)C1. The molecule has 0 saturated carbocycles. The number of carbonyl (C=O) groups excluding carboxylic acids is 1. The summed E-state index contributed by atoms with van der Waals surface area (Å²) in [5, 5.41) is 0. The number of amides is 1. The van der Waals surface area contributed by atoms with E-state index in [0.29, 0.717) is 30.6 Å². The van der Waals surface area contributed by atoms with Crippen LogP contribution in [0.15, 0.2) is 54.6 Å². The highest BCUT2D eigenvalue weighted by Gasteiger charge is 2.24. The molecule has 0 bridgehead atoms. The molecule has 2 aromatic carbocycles. The summed E-state index contributed by atoms with van der Waals surface area (Å²) in [5.74, 6) is 1.61. The molecule has 0 aromatic heterocycles. The lowest BCUT2D eigenvalue weighted by atomic mass is 9.99. The van der Waals surface area contributed by atoms with Crippen LogP contribution in [0.25, 0.3) is 0 Å². The van der Waals surface area contributed by atoms with Crippen molar-refractivity contribution in [2.45, 2.75) is 19.4 Å². The Hall–Kier alpha value is -2.53. The number of ether oxygens (including phenoxy) is 3. The average molecular weight is 369 g/mol. The molecule has 2 aromatic rings. The van der Waals surface area contributed by atoms with E-state index < -0.39 is 0 Å². The molecule has 5 heteroatoms. The molecule has 1 heterocycles. The van der Waals surface area contributed by atoms with Gasteiger partial charge in [0.1, 0.15) is 0 Å². The van der Waals surface area contributed by atoms with E-state index in [2.05, 4.69) is 12.1 Å². The second-order valence-corrected chi connectivity index (χ2v) is 6.79. The highest BCUT2D eigenvalue weighted by atomic mass is 16.5. The molecular weight excluding hydrogens is 342 g/mol. The molecule has 1 aliphatic heterocycles. The molecule has 1 amide bonds. The van der Waals surface area contributed by atoms with Crippen LogP contribution in [-0.4, -0.2) is 44.2 Å². The van der Waals surface area contributed by atoms with Crippen molar-refractivity contribution in [2.24, 2.45) is 5.92 Å². The van der Waals surface area contributed by atoms with Crippen LogP contribution >= 0.6 is 0 Å². The molecular formula is C22H27NO4. The molecule has 1 unspecified atom stereocenters. The third-order valence-electron chi connectivity index (χ3n) is 4.76. The summed E-state index contributed by atoms with van der Waals surface area (Å²) >= 11 is 0. The molecule has 1 saturated heterocycles. The first-order valence-electron chi connectivity index (χ1n) is 9.41. The number of rotatable bonds is 8. The summed E-state index contributed by atoms with van der Waals surface area (Å²) in [7, 11) is 1.59. The van der Waals surface area contributed by atoms with Crippen molar-refractivity contribution >= 4 is 5.91 Å². The average Bonchev–Trinajstić information content (AvgIpc) is 2.73. The summed E-state index contributed by atoms with van der Waals surface area (Å²) in [5.41, 5.74) is 1.17. The Kier molecular flexibility index (Phi) is 7.11. The molecule has 0 aliphatic carbocycles. The lowest BCUT2D eigenvalue weighted by molar-refractivity contribution is -0.135. The van der Waals surface area contributed by atoms with Crippen molar-refractivity contribution < 1.29 is 19.0 Å². The van der Waals surface area contributed by atoms with Gasteiger partial charge in [0, 0.05) is 13.1 Å². The van der Waals surface area contributed by atoms with E-state index >= 15 is 0 Å². The summed E-state index contributed by atoms with van der Waals surface area (Å²) in [6, 6.07) is 17.5. The highest BCUT2D eigenvalue weighted by Crippen LogP contribution is 2.26. The number of piperidine rings is 1. The Morgan fingerprint density at radius 1 is 1.07 bits per heavy atom. The van der Waals surface area contributed by atoms with Gasteiger partial charge >= 0.3 is 0 Å². The van der Waals surface area contributed by atoms with E-state index in [9.17, 15) is 4.79 Å². The van der Waals surface area contributed by atoms with Gasteiger partial charge in [0.25, 0.3) is 5.91 Å². The molecule has 1 aliphatic rings. The normalized spacial score (nSPS) is 16.8. The number of likely N-dealkylation sites (tertiary alicyclic amines) is 1. The van der Waals surface area contributed by atoms with E-state index in [1.54, 1.807) is 7.11 Å². The second-order valence-electron chi connectivity index (χ2n) is 6.79. The van der Waals surface area contributed by atoms with Gasteiger partial charge in [-0.15, -0.1) is 0 Å². The Bertz CT molecular complexity index is 719. The first kappa shape index (κ1) is 19.2. The minimum absolute atomic E-state index is 0.00802. The van der Waals surface area contributed by atoms with Gasteiger partial charge in [0.15, 0.2) is 18.1 Å². The second kappa shape index (κ2) is 9.97. The fourth-order valence-corrected chi connectivity index (χ4v) is 3.31. The van der Waals surface area contributed by atoms with E-state index in [-0.39, 0.29) is 12.5 Å². The smallest absolute Gasteiger partial charge is 0.260 e. The molecule has 27 heavy (non-hydrogen) atoms. The predicted molar refractivity (Wildman–Crippen MR) is 104 cm³/mol. The standard InChI is InChI=1S/C22H27NO4/c1-25-20-11-5-6-12-21(20)27-17-22(24)23-13-7-10-19(14-23)16-26-15-18-8-3-2-4-9-18/h2-6,8-9,11-12,19H,7,10,13-17H2,1H3. The van der Waals surface area contributed by atoms with E-state index in [1.165, 1.54) is 5.56 Å². The van der Waals surface area contributed by atoms with Crippen LogP contribution in [-0.2, 0) is 16.1 Å². The Balaban J connectivity index is 1.43. The summed E-state index contributed by atoms with van der Waals surface area (Å²) in [6.07, 6.45) is 2.09. The Morgan fingerprint density at radius 2 is 1.81 bits per heavy atom. The number of methoxy groups -OCH3 is 1. The quantitative estimate of drug-likeness (QED) is 0.714. The molecule has 0 radical (unpaired) electrons. The number of hydrogen-bond donors (Lipinski definition) is 0. The molecule has 144 valence electrons. The number of para-hydroxylation sites is 2. The maximum absolute atomic E-state index is 12.5. The minimum Gasteiger partial charge on any atom is -0.493 e. The van der Waals surface area contributed by atoms with Crippen molar-refractivity contribution in [3.63, 3.8) is 0 Å². The van der Waals surface area contributed by atoms with Crippen LogP contribution in [0.3, 0.4) is 0 Å². The first-order chi connectivity index (χ1) is 13.3. The number of hydrogen-bond acceptors (Lipinski definition) is 4. The monoisotopic (exact) mass is 369 g/mol.